The summed E-state index contributed by atoms with van der Waals surface area (Å²) in [7, 11) is 0. The van der Waals surface area contributed by atoms with E-state index >= 15 is 0 Å². The predicted octanol–water partition coefficient (Wildman–Crippen LogP) is 5.82. The van der Waals surface area contributed by atoms with Crippen molar-refractivity contribution in [3.63, 3.8) is 0 Å². The number of nitrogens with zero attached hydrogens (tertiary/aromatic N) is 1. The fraction of sp³-hybridized carbons (Fsp3) is 0.500. The number of aliphatic imine (C=N–C) groups is 1. The van der Waals surface area contributed by atoms with Gasteiger partial charge in [-0.25, -0.2) is 0 Å². The third-order valence-corrected chi connectivity index (χ3v) is 3.93. The number of benzene rings is 1. The van der Waals surface area contributed by atoms with Crippen LogP contribution in [0.3, 0.4) is 0 Å². The summed E-state index contributed by atoms with van der Waals surface area (Å²) in [5.74, 6) is 0. The maximum Gasteiger partial charge on any atom is 0.416 e. The Hall–Kier alpha value is -1.83. The van der Waals surface area contributed by atoms with Crippen molar-refractivity contribution < 1.29 is 26.3 Å². The highest BCUT2D eigenvalue weighted by Gasteiger charge is 2.37. The van der Waals surface area contributed by atoms with E-state index in [1.54, 1.807) is 0 Å². The molecule has 1 aromatic carbocycles. The first kappa shape index (κ1) is 20.5. The maximum atomic E-state index is 13.0. The van der Waals surface area contributed by atoms with Crippen LogP contribution in [0.4, 0.5) is 26.3 Å². The number of allylic oxidation sites excluding steroid dienone is 1. The lowest BCUT2D eigenvalue weighted by Gasteiger charge is -2.18. The Labute approximate surface area is 147 Å². The predicted molar refractivity (Wildman–Crippen MR) is 88.6 cm³/mol. The van der Waals surface area contributed by atoms with E-state index in [1.165, 1.54) is 6.20 Å². The van der Waals surface area contributed by atoms with Crippen LogP contribution in [0, 0.1) is 0 Å². The van der Waals surface area contributed by atoms with Gasteiger partial charge in [0.2, 0.25) is 0 Å². The number of hydrogen-bond donors (Lipinski definition) is 1. The van der Waals surface area contributed by atoms with Gasteiger partial charge in [0.15, 0.2) is 0 Å². The molecule has 0 fully saturated rings. The zero-order chi connectivity index (χ0) is 19.8. The highest BCUT2D eigenvalue weighted by molar-refractivity contribution is 5.87. The number of halogens is 6. The molecule has 2 rings (SSSR count). The van der Waals surface area contributed by atoms with E-state index in [-0.39, 0.29) is 11.6 Å². The van der Waals surface area contributed by atoms with Gasteiger partial charge in [-0.2, -0.15) is 26.3 Å². The molecule has 0 saturated carbocycles. The molecule has 0 amide bonds. The minimum Gasteiger partial charge on any atom is -0.325 e. The van der Waals surface area contributed by atoms with Crippen LogP contribution in [-0.2, 0) is 12.4 Å². The van der Waals surface area contributed by atoms with Crippen molar-refractivity contribution in [3.05, 3.63) is 41.1 Å². The molecule has 2 N–H and O–H groups in total. The molecule has 8 heteroatoms. The SMILES string of the molecule is CC(C)(N)CC1=NC=C(c2cc(C(F)(F)F)cc(C(F)(F)F)c2)CCC1. The first-order chi connectivity index (χ1) is 11.8. The lowest BCUT2D eigenvalue weighted by Crippen LogP contribution is -2.34. The smallest absolute Gasteiger partial charge is 0.325 e. The van der Waals surface area contributed by atoms with Crippen molar-refractivity contribution in [2.75, 3.05) is 0 Å². The van der Waals surface area contributed by atoms with E-state index in [1.807, 2.05) is 13.8 Å². The lowest BCUT2D eigenvalue weighted by molar-refractivity contribution is -0.143. The van der Waals surface area contributed by atoms with E-state index in [2.05, 4.69) is 4.99 Å². The van der Waals surface area contributed by atoms with Gasteiger partial charge in [0.25, 0.3) is 0 Å². The number of nitrogens with two attached hydrogens (primary N) is 1. The van der Waals surface area contributed by atoms with Gasteiger partial charge < -0.3 is 5.73 Å². The molecular weight excluding hydrogens is 358 g/mol. The zero-order valence-electron chi connectivity index (χ0n) is 14.4. The summed E-state index contributed by atoms with van der Waals surface area (Å²) in [6.07, 6.45) is -6.32. The molecule has 144 valence electrons. The summed E-state index contributed by atoms with van der Waals surface area (Å²) >= 11 is 0. The molecule has 0 spiro atoms. The fourth-order valence-corrected chi connectivity index (χ4v) is 2.80. The van der Waals surface area contributed by atoms with Gasteiger partial charge in [-0.3, -0.25) is 4.99 Å². The van der Waals surface area contributed by atoms with Crippen LogP contribution in [0.1, 0.15) is 56.2 Å². The molecule has 26 heavy (non-hydrogen) atoms. The average molecular weight is 378 g/mol. The molecule has 0 aliphatic carbocycles. The maximum absolute atomic E-state index is 13.0. The van der Waals surface area contributed by atoms with Crippen molar-refractivity contribution in [2.45, 2.75) is 57.4 Å². The standard InChI is InChI=1S/C18H20F6N2/c1-16(2,25)9-15-5-3-4-11(10-26-15)12-6-13(17(19,20)21)8-14(7-12)18(22,23)24/h6-8,10H,3-5,9,25H2,1-2H3. The van der Waals surface area contributed by atoms with E-state index in [0.29, 0.717) is 31.3 Å². The Morgan fingerprint density at radius 2 is 1.46 bits per heavy atom. The summed E-state index contributed by atoms with van der Waals surface area (Å²) < 4.78 is 78.0. The molecule has 1 aliphatic heterocycles. The highest BCUT2D eigenvalue weighted by atomic mass is 19.4. The van der Waals surface area contributed by atoms with Crippen LogP contribution in [0.2, 0.25) is 0 Å². The Kier molecular flexibility index (Phi) is 5.56. The normalized spacial score (nSPS) is 16.8. The second-order valence-corrected chi connectivity index (χ2v) is 7.16. The molecule has 0 aromatic heterocycles. The first-order valence-corrected chi connectivity index (χ1v) is 8.09. The Morgan fingerprint density at radius 3 is 1.92 bits per heavy atom. The zero-order valence-corrected chi connectivity index (χ0v) is 14.4. The summed E-state index contributed by atoms with van der Waals surface area (Å²) in [5, 5.41) is 0. The van der Waals surface area contributed by atoms with Gasteiger partial charge >= 0.3 is 12.4 Å². The molecule has 0 bridgehead atoms. The molecule has 2 nitrogen and oxygen atoms in total. The molecule has 0 saturated heterocycles. The van der Waals surface area contributed by atoms with Crippen LogP contribution in [0.5, 0.6) is 0 Å². The molecule has 1 aromatic rings. The Morgan fingerprint density at radius 1 is 0.923 bits per heavy atom. The van der Waals surface area contributed by atoms with Crippen LogP contribution < -0.4 is 5.73 Å². The third-order valence-electron chi connectivity index (χ3n) is 3.93. The Balaban J connectivity index is 2.46. The summed E-state index contributed by atoms with van der Waals surface area (Å²) in [5.41, 5.74) is 3.85. The number of alkyl halides is 6. The second kappa shape index (κ2) is 7.06. The van der Waals surface area contributed by atoms with Gasteiger partial charge in [-0.1, -0.05) is 0 Å². The van der Waals surface area contributed by atoms with Crippen molar-refractivity contribution in [1.29, 1.82) is 0 Å². The topological polar surface area (TPSA) is 38.4 Å². The van der Waals surface area contributed by atoms with Gasteiger partial charge in [0.05, 0.1) is 11.1 Å². The van der Waals surface area contributed by atoms with E-state index in [0.717, 1.165) is 17.8 Å². The van der Waals surface area contributed by atoms with E-state index < -0.39 is 29.0 Å². The summed E-state index contributed by atoms with van der Waals surface area (Å²) in [6, 6.07) is 1.62. The Bertz CT molecular complexity index is 688. The molecule has 1 aliphatic rings. The van der Waals surface area contributed by atoms with Crippen molar-refractivity contribution in [2.24, 2.45) is 10.7 Å². The minimum absolute atomic E-state index is 0.107. The minimum atomic E-state index is -4.86. The van der Waals surface area contributed by atoms with E-state index in [4.69, 9.17) is 5.73 Å². The van der Waals surface area contributed by atoms with Gasteiger partial charge in [-0.15, -0.1) is 0 Å². The summed E-state index contributed by atoms with van der Waals surface area (Å²) in [6.45, 7) is 3.65. The van der Waals surface area contributed by atoms with E-state index in [9.17, 15) is 26.3 Å². The van der Waals surface area contributed by atoms with Gasteiger partial charge in [-0.05, 0) is 62.4 Å². The van der Waals surface area contributed by atoms with Gasteiger partial charge in [0, 0.05) is 23.9 Å². The van der Waals surface area contributed by atoms with Crippen LogP contribution in [0.15, 0.2) is 29.4 Å². The lowest BCUT2D eigenvalue weighted by atomic mass is 9.94. The summed E-state index contributed by atoms with van der Waals surface area (Å²) in [4.78, 5) is 4.26. The van der Waals surface area contributed by atoms with Crippen LogP contribution >= 0.6 is 0 Å². The second-order valence-electron chi connectivity index (χ2n) is 7.16. The largest absolute Gasteiger partial charge is 0.416 e. The van der Waals surface area contributed by atoms with Crippen molar-refractivity contribution >= 4 is 11.3 Å². The monoisotopic (exact) mass is 378 g/mol. The van der Waals surface area contributed by atoms with Gasteiger partial charge in [0.1, 0.15) is 0 Å². The molecule has 1 heterocycles. The van der Waals surface area contributed by atoms with Crippen LogP contribution in [-0.4, -0.2) is 11.3 Å². The van der Waals surface area contributed by atoms with Crippen LogP contribution in [0.25, 0.3) is 5.57 Å². The average Bonchev–Trinajstić information content (AvgIpc) is 2.69. The fourth-order valence-electron chi connectivity index (χ4n) is 2.80. The molecule has 0 unspecified atom stereocenters. The van der Waals surface area contributed by atoms with Crippen molar-refractivity contribution in [3.8, 4) is 0 Å². The molecular formula is C18H20F6N2. The quantitative estimate of drug-likeness (QED) is 0.662. The number of hydrogen-bond acceptors (Lipinski definition) is 2. The molecule has 0 atom stereocenters. The first-order valence-electron chi connectivity index (χ1n) is 8.09. The molecule has 0 radical (unpaired) electrons. The highest BCUT2D eigenvalue weighted by Crippen LogP contribution is 2.38. The van der Waals surface area contributed by atoms with Crippen molar-refractivity contribution in [1.82, 2.24) is 0 Å². The third kappa shape index (κ3) is 5.59. The number of rotatable bonds is 3.